The first-order valence-corrected chi connectivity index (χ1v) is 5.96. The molecule has 0 aliphatic carbocycles. The highest BCUT2D eigenvalue weighted by Gasteiger charge is 2.03. The minimum absolute atomic E-state index is 0.646. The van der Waals surface area contributed by atoms with Crippen molar-refractivity contribution in [2.24, 2.45) is 0 Å². The summed E-state index contributed by atoms with van der Waals surface area (Å²) < 4.78 is 2.65. The van der Waals surface area contributed by atoms with Crippen LogP contribution in [-0.4, -0.2) is 10.2 Å². The SMILES string of the molecule is CC(C)Sc1cc2ncccc2s1. The van der Waals surface area contributed by atoms with Crippen molar-refractivity contribution < 1.29 is 0 Å². The third kappa shape index (κ3) is 2.03. The predicted molar refractivity (Wildman–Crippen MR) is 60.6 cm³/mol. The van der Waals surface area contributed by atoms with Crippen LogP contribution < -0.4 is 0 Å². The van der Waals surface area contributed by atoms with Crippen LogP contribution in [-0.2, 0) is 0 Å². The predicted octanol–water partition coefficient (Wildman–Crippen LogP) is 3.80. The molecular formula is C10H11NS2. The van der Waals surface area contributed by atoms with Gasteiger partial charge < -0.3 is 0 Å². The van der Waals surface area contributed by atoms with Crippen LogP contribution >= 0.6 is 23.1 Å². The summed E-state index contributed by atoms with van der Waals surface area (Å²) in [6.07, 6.45) is 1.85. The monoisotopic (exact) mass is 209 g/mol. The normalized spacial score (nSPS) is 11.3. The van der Waals surface area contributed by atoms with E-state index in [1.165, 1.54) is 8.91 Å². The molecule has 0 spiro atoms. The minimum Gasteiger partial charge on any atom is -0.255 e. The highest BCUT2D eigenvalue weighted by atomic mass is 32.2. The summed E-state index contributed by atoms with van der Waals surface area (Å²) in [6.45, 7) is 4.42. The molecule has 0 N–H and O–H groups in total. The number of hydrogen-bond acceptors (Lipinski definition) is 3. The zero-order chi connectivity index (χ0) is 9.26. The van der Waals surface area contributed by atoms with E-state index in [-0.39, 0.29) is 0 Å². The fourth-order valence-corrected chi connectivity index (χ4v) is 3.57. The molecular weight excluding hydrogens is 198 g/mol. The number of thioether (sulfide) groups is 1. The van der Waals surface area contributed by atoms with Gasteiger partial charge in [0.15, 0.2) is 0 Å². The molecule has 13 heavy (non-hydrogen) atoms. The average Bonchev–Trinajstić information content (AvgIpc) is 2.44. The Labute approximate surface area is 86.2 Å². The van der Waals surface area contributed by atoms with E-state index < -0.39 is 0 Å². The van der Waals surface area contributed by atoms with Crippen LogP contribution in [0.2, 0.25) is 0 Å². The molecule has 68 valence electrons. The van der Waals surface area contributed by atoms with E-state index in [0.29, 0.717) is 5.25 Å². The lowest BCUT2D eigenvalue weighted by molar-refractivity contribution is 1.11. The summed E-state index contributed by atoms with van der Waals surface area (Å²) in [4.78, 5) is 4.31. The molecule has 2 heterocycles. The molecule has 0 fully saturated rings. The molecule has 0 aliphatic rings. The van der Waals surface area contributed by atoms with E-state index in [1.807, 2.05) is 35.4 Å². The lowest BCUT2D eigenvalue weighted by atomic mass is 10.4. The molecule has 0 aromatic carbocycles. The number of thiophene rings is 1. The minimum atomic E-state index is 0.646. The lowest BCUT2D eigenvalue weighted by Crippen LogP contribution is -1.82. The summed E-state index contributed by atoms with van der Waals surface area (Å²) in [6, 6.07) is 6.28. The van der Waals surface area contributed by atoms with Gasteiger partial charge in [0.05, 0.1) is 14.4 Å². The van der Waals surface area contributed by atoms with Crippen LogP contribution in [0.3, 0.4) is 0 Å². The number of nitrogens with zero attached hydrogens (tertiary/aromatic N) is 1. The second-order valence-electron chi connectivity index (χ2n) is 3.12. The topological polar surface area (TPSA) is 12.9 Å². The average molecular weight is 209 g/mol. The number of pyridine rings is 1. The molecule has 2 aromatic heterocycles. The molecule has 2 rings (SSSR count). The summed E-state index contributed by atoms with van der Waals surface area (Å²) in [5.74, 6) is 0. The first-order chi connectivity index (χ1) is 6.25. The van der Waals surface area contributed by atoms with Gasteiger partial charge in [0.2, 0.25) is 0 Å². The summed E-state index contributed by atoms with van der Waals surface area (Å²) in [5.41, 5.74) is 1.12. The number of aromatic nitrogens is 1. The Bertz CT molecular complexity index is 373. The standard InChI is InChI=1S/C10H11NS2/c1-7(2)12-10-6-8-9(13-10)4-3-5-11-8/h3-7H,1-2H3. The van der Waals surface area contributed by atoms with Crippen molar-refractivity contribution in [1.82, 2.24) is 4.98 Å². The summed E-state index contributed by atoms with van der Waals surface area (Å²) >= 11 is 3.73. The van der Waals surface area contributed by atoms with E-state index in [0.717, 1.165) is 5.52 Å². The van der Waals surface area contributed by atoms with Crippen molar-refractivity contribution in [2.75, 3.05) is 0 Å². The second kappa shape index (κ2) is 3.68. The van der Waals surface area contributed by atoms with Crippen molar-refractivity contribution in [2.45, 2.75) is 23.3 Å². The first-order valence-electron chi connectivity index (χ1n) is 4.27. The van der Waals surface area contributed by atoms with Crippen LogP contribution in [0.1, 0.15) is 13.8 Å². The summed E-state index contributed by atoms with van der Waals surface area (Å²) in [7, 11) is 0. The van der Waals surface area contributed by atoms with Crippen molar-refractivity contribution in [3.05, 3.63) is 24.4 Å². The molecule has 2 aromatic rings. The van der Waals surface area contributed by atoms with Crippen molar-refractivity contribution in [3.63, 3.8) is 0 Å². The Morgan fingerprint density at radius 2 is 2.31 bits per heavy atom. The van der Waals surface area contributed by atoms with Crippen LogP contribution in [0, 0.1) is 0 Å². The van der Waals surface area contributed by atoms with E-state index in [9.17, 15) is 0 Å². The van der Waals surface area contributed by atoms with Crippen LogP contribution in [0.4, 0.5) is 0 Å². The summed E-state index contributed by atoms with van der Waals surface area (Å²) in [5, 5.41) is 0.646. The van der Waals surface area contributed by atoms with E-state index >= 15 is 0 Å². The quantitative estimate of drug-likeness (QED) is 0.698. The van der Waals surface area contributed by atoms with E-state index in [4.69, 9.17) is 0 Å². The zero-order valence-corrected chi connectivity index (χ0v) is 9.28. The fourth-order valence-electron chi connectivity index (χ4n) is 1.14. The molecule has 0 bridgehead atoms. The molecule has 0 saturated heterocycles. The van der Waals surface area contributed by atoms with Gasteiger partial charge in [-0.2, -0.15) is 0 Å². The molecule has 0 unspecified atom stereocenters. The third-order valence-electron chi connectivity index (χ3n) is 1.62. The Kier molecular flexibility index (Phi) is 2.56. The van der Waals surface area contributed by atoms with Crippen molar-refractivity contribution in [1.29, 1.82) is 0 Å². The van der Waals surface area contributed by atoms with Gasteiger partial charge in [-0.3, -0.25) is 4.98 Å². The maximum Gasteiger partial charge on any atom is 0.0821 e. The van der Waals surface area contributed by atoms with Gasteiger partial charge in [-0.05, 0) is 18.2 Å². The van der Waals surface area contributed by atoms with Gasteiger partial charge in [0, 0.05) is 11.4 Å². The molecule has 0 amide bonds. The fraction of sp³-hybridized carbons (Fsp3) is 0.300. The Morgan fingerprint density at radius 3 is 3.00 bits per heavy atom. The molecule has 1 nitrogen and oxygen atoms in total. The Hall–Kier alpha value is -0.540. The van der Waals surface area contributed by atoms with Gasteiger partial charge in [-0.25, -0.2) is 0 Å². The van der Waals surface area contributed by atoms with Crippen molar-refractivity contribution in [3.8, 4) is 0 Å². The maximum atomic E-state index is 4.31. The molecule has 3 heteroatoms. The third-order valence-corrected chi connectivity index (χ3v) is 3.86. The highest BCUT2D eigenvalue weighted by molar-refractivity contribution is 8.01. The van der Waals surface area contributed by atoms with Crippen molar-refractivity contribution >= 4 is 33.3 Å². The van der Waals surface area contributed by atoms with Gasteiger partial charge in [0.1, 0.15) is 0 Å². The van der Waals surface area contributed by atoms with Crippen LogP contribution in [0.25, 0.3) is 10.2 Å². The van der Waals surface area contributed by atoms with Crippen LogP contribution in [0.15, 0.2) is 28.6 Å². The lowest BCUT2D eigenvalue weighted by Gasteiger charge is -1.98. The Morgan fingerprint density at radius 1 is 1.46 bits per heavy atom. The molecule has 0 atom stereocenters. The van der Waals surface area contributed by atoms with Crippen LogP contribution in [0.5, 0.6) is 0 Å². The number of hydrogen-bond donors (Lipinski definition) is 0. The van der Waals surface area contributed by atoms with Gasteiger partial charge in [-0.15, -0.1) is 23.1 Å². The smallest absolute Gasteiger partial charge is 0.0821 e. The largest absolute Gasteiger partial charge is 0.255 e. The Balaban J connectivity index is 2.38. The second-order valence-corrected chi connectivity index (χ2v) is 6.08. The first kappa shape index (κ1) is 9.03. The number of fused-ring (bicyclic) bond motifs is 1. The highest BCUT2D eigenvalue weighted by Crippen LogP contribution is 2.33. The van der Waals surface area contributed by atoms with Gasteiger partial charge in [-0.1, -0.05) is 13.8 Å². The maximum absolute atomic E-state index is 4.31. The van der Waals surface area contributed by atoms with E-state index in [1.54, 1.807) is 0 Å². The van der Waals surface area contributed by atoms with Gasteiger partial charge in [0.25, 0.3) is 0 Å². The van der Waals surface area contributed by atoms with E-state index in [2.05, 4.69) is 31.0 Å². The zero-order valence-electron chi connectivity index (χ0n) is 7.65. The molecule has 0 saturated carbocycles. The van der Waals surface area contributed by atoms with Gasteiger partial charge >= 0.3 is 0 Å². The molecule has 0 aliphatic heterocycles. The molecule has 0 radical (unpaired) electrons. The number of rotatable bonds is 2.